The molecule has 0 aliphatic carbocycles. The fourth-order valence-corrected chi connectivity index (χ4v) is 6.54. The Morgan fingerprint density at radius 3 is 2.62 bits per heavy atom. The summed E-state index contributed by atoms with van der Waals surface area (Å²) in [6.45, 7) is 11.8. The van der Waals surface area contributed by atoms with Crippen molar-refractivity contribution in [3.8, 4) is 17.0 Å². The highest BCUT2D eigenvalue weighted by Crippen LogP contribution is 2.38. The number of aromatic nitrogens is 1. The van der Waals surface area contributed by atoms with Gasteiger partial charge in [-0.2, -0.15) is 12.7 Å². The van der Waals surface area contributed by atoms with E-state index >= 15 is 0 Å². The number of nitrogens with zero attached hydrogens (tertiary/aromatic N) is 3. The predicted octanol–water partition coefficient (Wildman–Crippen LogP) is 4.49. The van der Waals surface area contributed by atoms with Gasteiger partial charge in [-0.1, -0.05) is 20.8 Å². The SMILES string of the molecule is CO[C@@H]1CCN(S(=O)(=O)NC(=O)c2ccc(-c3cc(F)cc(OCC(C)C)c3)nc2N2C[C@@H](C)CC2(C)C)C1.[HH]. The largest absolute Gasteiger partial charge is 0.493 e. The van der Waals surface area contributed by atoms with Crippen LogP contribution in [0.2, 0.25) is 0 Å². The van der Waals surface area contributed by atoms with E-state index in [-0.39, 0.29) is 37.6 Å². The van der Waals surface area contributed by atoms with E-state index in [0.717, 1.165) is 6.42 Å². The number of benzene rings is 1. The Morgan fingerprint density at radius 2 is 2.00 bits per heavy atom. The summed E-state index contributed by atoms with van der Waals surface area (Å²) in [6, 6.07) is 7.59. The van der Waals surface area contributed by atoms with Crippen LogP contribution in [0.5, 0.6) is 5.75 Å². The molecule has 0 radical (unpaired) electrons. The molecule has 0 spiro atoms. The van der Waals surface area contributed by atoms with Crippen molar-refractivity contribution in [2.75, 3.05) is 38.3 Å². The van der Waals surface area contributed by atoms with Crippen molar-refractivity contribution in [1.82, 2.24) is 14.0 Å². The topological polar surface area (TPSA) is 101 Å². The molecule has 2 aliphatic heterocycles. The summed E-state index contributed by atoms with van der Waals surface area (Å²) in [6.07, 6.45) is 1.22. The Kier molecular flexibility index (Phi) is 8.53. The van der Waals surface area contributed by atoms with Crippen molar-refractivity contribution < 1.29 is 28.5 Å². The molecule has 2 atom stereocenters. The molecule has 2 aliphatic rings. The molecule has 2 fully saturated rings. The third-order valence-electron chi connectivity index (χ3n) is 7.20. The van der Waals surface area contributed by atoms with Gasteiger partial charge in [0.2, 0.25) is 0 Å². The van der Waals surface area contributed by atoms with E-state index in [1.807, 2.05) is 18.7 Å². The number of nitrogens with one attached hydrogen (secondary N) is 1. The van der Waals surface area contributed by atoms with E-state index in [1.165, 1.54) is 23.5 Å². The van der Waals surface area contributed by atoms with Gasteiger partial charge in [0.15, 0.2) is 0 Å². The normalized spacial score (nSPS) is 21.5. The second-order valence-corrected chi connectivity index (χ2v) is 13.3. The Bertz CT molecular complexity index is 1320. The minimum absolute atomic E-state index is 0. The molecule has 2 saturated heterocycles. The first-order valence-corrected chi connectivity index (χ1v) is 14.8. The van der Waals surface area contributed by atoms with Crippen LogP contribution in [-0.4, -0.2) is 68.6 Å². The first kappa shape index (κ1) is 29.2. The summed E-state index contributed by atoms with van der Waals surface area (Å²) in [7, 11) is -2.54. The van der Waals surface area contributed by atoms with Gasteiger partial charge < -0.3 is 14.4 Å². The number of ether oxygens (including phenoxy) is 2. The van der Waals surface area contributed by atoms with Crippen LogP contribution in [0.3, 0.4) is 0 Å². The summed E-state index contributed by atoms with van der Waals surface area (Å²) in [5.74, 6) is 0.143. The van der Waals surface area contributed by atoms with Crippen molar-refractivity contribution >= 4 is 21.9 Å². The number of amides is 1. The molecule has 1 amide bonds. The lowest BCUT2D eigenvalue weighted by atomic mass is 9.97. The third kappa shape index (κ3) is 6.70. The zero-order chi connectivity index (χ0) is 28.5. The average molecular weight is 565 g/mol. The Balaban J connectivity index is 0.00000441. The fraction of sp³-hybridized carbons (Fsp3) is 0.571. The molecule has 2 aromatic rings. The summed E-state index contributed by atoms with van der Waals surface area (Å²) >= 11 is 0. The van der Waals surface area contributed by atoms with Crippen LogP contribution in [0.4, 0.5) is 10.2 Å². The highest BCUT2D eigenvalue weighted by molar-refractivity contribution is 7.87. The van der Waals surface area contributed by atoms with E-state index in [1.54, 1.807) is 18.2 Å². The van der Waals surface area contributed by atoms with Gasteiger partial charge in [-0.3, -0.25) is 4.79 Å². The molecule has 0 saturated carbocycles. The molecule has 3 heterocycles. The lowest BCUT2D eigenvalue weighted by Crippen LogP contribution is -2.44. The average Bonchev–Trinajstić information content (AvgIpc) is 3.45. The first-order valence-electron chi connectivity index (χ1n) is 13.4. The van der Waals surface area contributed by atoms with E-state index < -0.39 is 21.9 Å². The van der Waals surface area contributed by atoms with Crippen molar-refractivity contribution in [3.05, 3.63) is 41.7 Å². The minimum atomic E-state index is -4.08. The Labute approximate surface area is 232 Å². The highest BCUT2D eigenvalue weighted by atomic mass is 32.2. The number of methoxy groups -OCH3 is 1. The zero-order valence-corrected chi connectivity index (χ0v) is 24.3. The quantitative estimate of drug-likeness (QED) is 0.479. The van der Waals surface area contributed by atoms with E-state index in [0.29, 0.717) is 48.3 Å². The van der Waals surface area contributed by atoms with Crippen LogP contribution >= 0.6 is 0 Å². The second-order valence-electron chi connectivity index (χ2n) is 11.6. The number of pyridine rings is 1. The molecule has 1 aromatic carbocycles. The number of halogens is 1. The van der Waals surface area contributed by atoms with Crippen molar-refractivity contribution in [2.24, 2.45) is 11.8 Å². The summed E-state index contributed by atoms with van der Waals surface area (Å²) in [4.78, 5) is 20.3. The molecule has 0 unspecified atom stereocenters. The van der Waals surface area contributed by atoms with Gasteiger partial charge in [0.25, 0.3) is 5.91 Å². The molecule has 4 rings (SSSR count). The first-order chi connectivity index (χ1) is 18.3. The standard InChI is InChI=1S/C28H39FN4O5S.H2/c1-18(2)17-38-23-12-20(11-21(29)13-23)25-8-7-24(26(30-25)33-15-19(3)14-28(33,4)5)27(34)31-39(35,36)32-10-9-22(16-32)37-6;/h7-8,11-13,18-19,22H,9-10,14-17H2,1-6H3,(H,31,34);1H/t19-,22+;/m0./s1. The molecule has 39 heavy (non-hydrogen) atoms. The van der Waals surface area contributed by atoms with Crippen LogP contribution in [0.25, 0.3) is 11.3 Å². The van der Waals surface area contributed by atoms with Crippen LogP contribution in [0, 0.1) is 17.7 Å². The summed E-state index contributed by atoms with van der Waals surface area (Å²) in [5.41, 5.74) is 0.769. The molecule has 216 valence electrons. The van der Waals surface area contributed by atoms with Crippen LogP contribution < -0.4 is 14.4 Å². The van der Waals surface area contributed by atoms with Crippen LogP contribution in [0.1, 0.15) is 59.2 Å². The third-order valence-corrected chi connectivity index (χ3v) is 8.66. The molecule has 9 nitrogen and oxygen atoms in total. The van der Waals surface area contributed by atoms with E-state index in [9.17, 15) is 17.6 Å². The van der Waals surface area contributed by atoms with E-state index in [4.69, 9.17) is 14.5 Å². The maximum absolute atomic E-state index is 14.5. The highest BCUT2D eigenvalue weighted by Gasteiger charge is 2.40. The maximum Gasteiger partial charge on any atom is 0.304 e. The molecule has 1 N–H and O–H groups in total. The molecule has 1 aromatic heterocycles. The fourth-order valence-electron chi connectivity index (χ4n) is 5.35. The number of carbonyl (C=O) groups is 1. The smallest absolute Gasteiger partial charge is 0.304 e. The van der Waals surface area contributed by atoms with Crippen molar-refractivity contribution in [1.29, 1.82) is 0 Å². The van der Waals surface area contributed by atoms with Crippen molar-refractivity contribution in [3.63, 3.8) is 0 Å². The predicted molar refractivity (Wildman–Crippen MR) is 151 cm³/mol. The van der Waals surface area contributed by atoms with Gasteiger partial charge in [-0.25, -0.2) is 14.1 Å². The number of carbonyl (C=O) groups excluding carboxylic acids is 1. The molecule has 0 bridgehead atoms. The van der Waals surface area contributed by atoms with E-state index in [2.05, 4.69) is 25.5 Å². The molecular weight excluding hydrogens is 523 g/mol. The van der Waals surface area contributed by atoms with Gasteiger partial charge in [0.1, 0.15) is 17.4 Å². The minimum Gasteiger partial charge on any atom is -0.493 e. The van der Waals surface area contributed by atoms with Crippen LogP contribution in [-0.2, 0) is 14.9 Å². The van der Waals surface area contributed by atoms with Crippen LogP contribution in [0.15, 0.2) is 30.3 Å². The number of hydrogen-bond acceptors (Lipinski definition) is 7. The summed E-state index contributed by atoms with van der Waals surface area (Å²) in [5, 5.41) is 0. The Hall–Kier alpha value is -2.76. The lowest BCUT2D eigenvalue weighted by molar-refractivity contribution is 0.0977. The molecule has 11 heteroatoms. The number of anilines is 1. The van der Waals surface area contributed by atoms with Gasteiger partial charge in [0, 0.05) is 45.3 Å². The zero-order valence-electron chi connectivity index (χ0n) is 23.5. The molecular formula is C28H41FN4O5S. The lowest BCUT2D eigenvalue weighted by Gasteiger charge is -2.34. The Morgan fingerprint density at radius 1 is 1.26 bits per heavy atom. The number of hydrogen-bond donors (Lipinski definition) is 1. The van der Waals surface area contributed by atoms with Gasteiger partial charge in [-0.15, -0.1) is 0 Å². The van der Waals surface area contributed by atoms with Crippen molar-refractivity contribution in [2.45, 2.75) is 59.1 Å². The van der Waals surface area contributed by atoms with Gasteiger partial charge in [0.05, 0.1) is 24.0 Å². The van der Waals surface area contributed by atoms with Gasteiger partial charge in [-0.05, 0) is 62.8 Å². The monoisotopic (exact) mass is 564 g/mol. The number of rotatable bonds is 9. The van der Waals surface area contributed by atoms with Gasteiger partial charge >= 0.3 is 10.2 Å². The second kappa shape index (κ2) is 11.4. The maximum atomic E-state index is 14.5. The summed E-state index contributed by atoms with van der Waals surface area (Å²) < 4.78 is 55.0.